The molecule has 0 spiro atoms. The lowest BCUT2D eigenvalue weighted by atomic mass is 10.1. The second-order valence-corrected chi connectivity index (χ2v) is 3.94. The number of anilines is 1. The molecule has 0 aliphatic carbocycles. The Morgan fingerprint density at radius 2 is 2.00 bits per heavy atom. The first-order chi connectivity index (χ1) is 8.27. The minimum absolute atomic E-state index is 0.745. The first kappa shape index (κ1) is 9.84. The van der Waals surface area contributed by atoms with Crippen LogP contribution in [0.25, 0.3) is 16.5 Å². The van der Waals surface area contributed by atoms with Crippen molar-refractivity contribution in [1.29, 1.82) is 0 Å². The summed E-state index contributed by atoms with van der Waals surface area (Å²) in [6, 6.07) is 5.88. The summed E-state index contributed by atoms with van der Waals surface area (Å²) in [5.41, 5.74) is 7.77. The van der Waals surface area contributed by atoms with Crippen LogP contribution < -0.4 is 5.73 Å². The van der Waals surface area contributed by atoms with Crippen molar-refractivity contribution >= 4 is 16.5 Å². The first-order valence-electron chi connectivity index (χ1n) is 5.40. The number of nitrogens with two attached hydrogens (primary N) is 1. The van der Waals surface area contributed by atoms with Gasteiger partial charge in [0.05, 0.1) is 5.69 Å². The Morgan fingerprint density at radius 3 is 2.76 bits per heavy atom. The molecule has 17 heavy (non-hydrogen) atoms. The van der Waals surface area contributed by atoms with Crippen molar-refractivity contribution in [2.75, 3.05) is 5.73 Å². The predicted octanol–water partition coefficient (Wildman–Crippen LogP) is 2.31. The number of benzene rings is 1. The number of imidazole rings is 1. The van der Waals surface area contributed by atoms with Gasteiger partial charge < -0.3 is 10.3 Å². The number of aryl methyl sites for hydroxylation is 1. The third-order valence-electron chi connectivity index (χ3n) is 2.91. The van der Waals surface area contributed by atoms with Crippen molar-refractivity contribution in [3.8, 4) is 5.69 Å². The fraction of sp³-hybridized carbons (Fsp3) is 0.0769. The number of aromatic nitrogens is 3. The number of fused-ring (bicyclic) bond motifs is 1. The highest BCUT2D eigenvalue weighted by atomic mass is 15.1. The van der Waals surface area contributed by atoms with Crippen LogP contribution >= 0.6 is 0 Å². The van der Waals surface area contributed by atoms with Crippen LogP contribution in [0.1, 0.15) is 5.82 Å². The Hall–Kier alpha value is -2.36. The molecule has 4 nitrogen and oxygen atoms in total. The number of nitrogens with zero attached hydrogens (tertiary/aromatic N) is 3. The van der Waals surface area contributed by atoms with E-state index in [1.54, 1.807) is 18.6 Å². The van der Waals surface area contributed by atoms with Crippen LogP contribution in [-0.4, -0.2) is 14.5 Å². The van der Waals surface area contributed by atoms with Crippen LogP contribution in [0.15, 0.2) is 43.0 Å². The van der Waals surface area contributed by atoms with Crippen LogP contribution in [0.2, 0.25) is 0 Å². The molecule has 2 N–H and O–H groups in total. The highest BCUT2D eigenvalue weighted by molar-refractivity contribution is 5.97. The maximum atomic E-state index is 5.95. The third-order valence-corrected chi connectivity index (χ3v) is 2.91. The summed E-state index contributed by atoms with van der Waals surface area (Å²) in [5, 5.41) is 2.05. The Labute approximate surface area is 98.7 Å². The zero-order valence-corrected chi connectivity index (χ0v) is 9.46. The SMILES string of the molecule is Cc1nccn1-c1ccc(N)c2cnccc12. The molecule has 0 saturated heterocycles. The molecule has 0 radical (unpaired) electrons. The van der Waals surface area contributed by atoms with Gasteiger partial charge in [0.15, 0.2) is 0 Å². The van der Waals surface area contributed by atoms with Gasteiger partial charge in [0.2, 0.25) is 0 Å². The third kappa shape index (κ3) is 1.45. The lowest BCUT2D eigenvalue weighted by molar-refractivity contribution is 0.983. The zero-order chi connectivity index (χ0) is 11.8. The van der Waals surface area contributed by atoms with Gasteiger partial charge in [0, 0.05) is 41.2 Å². The molecule has 0 saturated carbocycles. The number of hydrogen-bond acceptors (Lipinski definition) is 3. The smallest absolute Gasteiger partial charge is 0.110 e. The molecule has 3 aromatic rings. The molecule has 0 amide bonds. The molecule has 0 aliphatic heterocycles. The summed E-state index contributed by atoms with van der Waals surface area (Å²) in [6.07, 6.45) is 7.30. The maximum absolute atomic E-state index is 5.95. The van der Waals surface area contributed by atoms with E-state index in [-0.39, 0.29) is 0 Å². The van der Waals surface area contributed by atoms with Crippen LogP contribution in [0.3, 0.4) is 0 Å². The standard InChI is InChI=1S/C13H12N4/c1-9-16-6-7-17(9)13-3-2-12(14)11-8-15-5-4-10(11)13/h2-8H,14H2,1H3. The first-order valence-corrected chi connectivity index (χ1v) is 5.40. The Bertz CT molecular complexity index is 685. The van der Waals surface area contributed by atoms with Crippen LogP contribution in [0, 0.1) is 6.92 Å². The molecule has 0 bridgehead atoms. The Balaban J connectivity index is 2.39. The van der Waals surface area contributed by atoms with Crippen molar-refractivity contribution in [2.45, 2.75) is 6.92 Å². The minimum atomic E-state index is 0.745. The number of pyridine rings is 1. The summed E-state index contributed by atoms with van der Waals surface area (Å²) >= 11 is 0. The van der Waals surface area contributed by atoms with Crippen molar-refractivity contribution < 1.29 is 0 Å². The molecule has 3 rings (SSSR count). The van der Waals surface area contributed by atoms with E-state index in [0.29, 0.717) is 0 Å². The van der Waals surface area contributed by atoms with Gasteiger partial charge in [-0.1, -0.05) is 0 Å². The topological polar surface area (TPSA) is 56.7 Å². The van der Waals surface area contributed by atoms with Gasteiger partial charge in [-0.25, -0.2) is 4.98 Å². The Kier molecular flexibility index (Phi) is 2.08. The largest absolute Gasteiger partial charge is 0.398 e. The van der Waals surface area contributed by atoms with E-state index < -0.39 is 0 Å². The normalized spacial score (nSPS) is 10.9. The average Bonchev–Trinajstić information content (AvgIpc) is 2.77. The van der Waals surface area contributed by atoms with Gasteiger partial charge in [-0.15, -0.1) is 0 Å². The molecule has 4 heteroatoms. The van der Waals surface area contributed by atoms with Crippen molar-refractivity contribution in [3.63, 3.8) is 0 Å². The number of rotatable bonds is 1. The van der Waals surface area contributed by atoms with E-state index in [1.165, 1.54) is 0 Å². The van der Waals surface area contributed by atoms with Gasteiger partial charge in [-0.2, -0.15) is 0 Å². The average molecular weight is 224 g/mol. The quantitative estimate of drug-likeness (QED) is 0.645. The molecule has 2 aromatic heterocycles. The Morgan fingerprint density at radius 1 is 1.12 bits per heavy atom. The van der Waals surface area contributed by atoms with Crippen molar-refractivity contribution in [3.05, 3.63) is 48.8 Å². The zero-order valence-electron chi connectivity index (χ0n) is 9.46. The van der Waals surface area contributed by atoms with E-state index in [4.69, 9.17) is 5.73 Å². The van der Waals surface area contributed by atoms with E-state index in [0.717, 1.165) is 28.0 Å². The second-order valence-electron chi connectivity index (χ2n) is 3.94. The van der Waals surface area contributed by atoms with Gasteiger partial charge >= 0.3 is 0 Å². The predicted molar refractivity (Wildman–Crippen MR) is 68.0 cm³/mol. The van der Waals surface area contributed by atoms with Crippen LogP contribution in [-0.2, 0) is 0 Å². The van der Waals surface area contributed by atoms with E-state index in [1.807, 2.05) is 35.9 Å². The fourth-order valence-corrected chi connectivity index (χ4v) is 2.04. The molecular weight excluding hydrogens is 212 g/mol. The summed E-state index contributed by atoms with van der Waals surface area (Å²) in [5.74, 6) is 0.952. The lowest BCUT2D eigenvalue weighted by Crippen LogP contribution is -1.98. The number of nitrogen functional groups attached to an aromatic ring is 1. The summed E-state index contributed by atoms with van der Waals surface area (Å²) in [6.45, 7) is 1.98. The monoisotopic (exact) mass is 224 g/mol. The van der Waals surface area contributed by atoms with Gasteiger partial charge in [0.1, 0.15) is 5.82 Å². The highest BCUT2D eigenvalue weighted by Crippen LogP contribution is 2.26. The molecule has 0 atom stereocenters. The lowest BCUT2D eigenvalue weighted by Gasteiger charge is -2.10. The molecule has 84 valence electrons. The van der Waals surface area contributed by atoms with Crippen LogP contribution in [0.5, 0.6) is 0 Å². The van der Waals surface area contributed by atoms with E-state index in [9.17, 15) is 0 Å². The van der Waals surface area contributed by atoms with Crippen molar-refractivity contribution in [2.24, 2.45) is 0 Å². The molecule has 2 heterocycles. The molecule has 1 aromatic carbocycles. The van der Waals surface area contributed by atoms with Crippen molar-refractivity contribution in [1.82, 2.24) is 14.5 Å². The summed E-state index contributed by atoms with van der Waals surface area (Å²) < 4.78 is 2.04. The fourth-order valence-electron chi connectivity index (χ4n) is 2.04. The molecule has 0 fully saturated rings. The molecule has 0 aliphatic rings. The number of hydrogen-bond donors (Lipinski definition) is 1. The minimum Gasteiger partial charge on any atom is -0.398 e. The van der Waals surface area contributed by atoms with E-state index >= 15 is 0 Å². The summed E-state index contributed by atoms with van der Waals surface area (Å²) in [7, 11) is 0. The summed E-state index contributed by atoms with van der Waals surface area (Å²) in [4.78, 5) is 8.35. The molecular formula is C13H12N4. The highest BCUT2D eigenvalue weighted by Gasteiger charge is 2.07. The van der Waals surface area contributed by atoms with Gasteiger partial charge in [0.25, 0.3) is 0 Å². The van der Waals surface area contributed by atoms with Gasteiger partial charge in [-0.3, -0.25) is 4.98 Å². The molecule has 0 unspecified atom stereocenters. The second kappa shape index (κ2) is 3.59. The maximum Gasteiger partial charge on any atom is 0.110 e. The van der Waals surface area contributed by atoms with Gasteiger partial charge in [-0.05, 0) is 25.1 Å². The van der Waals surface area contributed by atoms with Crippen LogP contribution in [0.4, 0.5) is 5.69 Å². The van der Waals surface area contributed by atoms with E-state index in [2.05, 4.69) is 9.97 Å².